The SMILES string of the molecule is Cc1cc2c(c3c1N=c1c(C)cc4c(c1P3(=O)O)OCC[N+]=4C)OCCN2C. The van der Waals surface area contributed by atoms with Crippen LogP contribution in [0.25, 0.3) is 0 Å². The molecule has 0 aliphatic carbocycles. The van der Waals surface area contributed by atoms with Gasteiger partial charge in [-0.1, -0.05) is 0 Å². The maximum atomic E-state index is 14.0. The fourth-order valence-corrected chi connectivity index (χ4v) is 6.40. The number of fused-ring (bicyclic) bond motifs is 6. The molecule has 1 unspecified atom stereocenters. The van der Waals surface area contributed by atoms with Gasteiger partial charge in [0.15, 0.2) is 12.3 Å². The Balaban J connectivity index is 1.96. The summed E-state index contributed by atoms with van der Waals surface area (Å²) in [7, 11) is -0.0598. The van der Waals surface area contributed by atoms with Crippen LogP contribution in [0.1, 0.15) is 11.1 Å². The average Bonchev–Trinajstić information content (AvgIpc) is 2.63. The molecule has 0 bridgehead atoms. The third kappa shape index (κ3) is 2.23. The molecule has 1 N–H and O–H groups in total. The molecule has 0 saturated carbocycles. The van der Waals surface area contributed by atoms with Gasteiger partial charge in [-0.2, -0.15) is 0 Å². The van der Waals surface area contributed by atoms with Crippen LogP contribution in [-0.2, 0) is 4.57 Å². The largest absolute Gasteiger partial charge is 0.489 e. The van der Waals surface area contributed by atoms with Gasteiger partial charge in [-0.15, -0.1) is 0 Å². The molecule has 3 aliphatic rings. The highest BCUT2D eigenvalue weighted by Crippen LogP contribution is 2.51. The van der Waals surface area contributed by atoms with Gasteiger partial charge < -0.3 is 19.3 Å². The first-order valence-electron chi connectivity index (χ1n) is 9.39. The second kappa shape index (κ2) is 5.82. The van der Waals surface area contributed by atoms with Gasteiger partial charge in [0.25, 0.3) is 7.37 Å². The zero-order chi connectivity index (χ0) is 19.8. The number of nitrogens with zero attached hydrogens (tertiary/aromatic N) is 3. The minimum atomic E-state index is -3.99. The van der Waals surface area contributed by atoms with E-state index in [4.69, 9.17) is 14.5 Å². The van der Waals surface area contributed by atoms with Crippen LogP contribution >= 0.6 is 7.37 Å². The van der Waals surface area contributed by atoms with Crippen LogP contribution < -0.4 is 40.3 Å². The number of hydrogen-bond acceptors (Lipinski definition) is 5. The van der Waals surface area contributed by atoms with E-state index in [2.05, 4.69) is 9.48 Å². The number of rotatable bonds is 0. The van der Waals surface area contributed by atoms with Crippen LogP contribution in [0.4, 0.5) is 11.4 Å². The Hall–Kier alpha value is -2.37. The summed E-state index contributed by atoms with van der Waals surface area (Å²) < 4.78 is 27.9. The molecule has 0 amide bonds. The summed E-state index contributed by atoms with van der Waals surface area (Å²) in [5, 5.41) is 1.96. The zero-order valence-corrected chi connectivity index (χ0v) is 17.3. The summed E-state index contributed by atoms with van der Waals surface area (Å²) in [6.45, 7) is 6.25. The van der Waals surface area contributed by atoms with Gasteiger partial charge in [0.2, 0.25) is 11.1 Å². The zero-order valence-electron chi connectivity index (χ0n) is 16.4. The van der Waals surface area contributed by atoms with E-state index in [0.717, 1.165) is 35.3 Å². The number of benzene rings is 2. The Kier molecular flexibility index (Phi) is 3.68. The summed E-state index contributed by atoms with van der Waals surface area (Å²) in [4.78, 5) is 18.4. The lowest BCUT2D eigenvalue weighted by Gasteiger charge is -2.33. The normalized spacial score (nSPS) is 22.2. The molecule has 7 nitrogen and oxygen atoms in total. The Morgan fingerprint density at radius 1 is 1.14 bits per heavy atom. The molecule has 2 aromatic rings. The lowest BCUT2D eigenvalue weighted by atomic mass is 10.1. The lowest BCUT2D eigenvalue weighted by molar-refractivity contribution is 0.282. The molecule has 3 aliphatic heterocycles. The van der Waals surface area contributed by atoms with Crippen molar-refractivity contribution in [3.05, 3.63) is 34.0 Å². The number of aryl methyl sites for hydroxylation is 2. The molecule has 0 radical (unpaired) electrons. The quantitative estimate of drug-likeness (QED) is 0.503. The number of hydrogen-bond donors (Lipinski definition) is 1. The highest BCUT2D eigenvalue weighted by molar-refractivity contribution is 7.74. The van der Waals surface area contributed by atoms with E-state index in [-0.39, 0.29) is 0 Å². The molecular weight excluding hydrogens is 377 g/mol. The maximum absolute atomic E-state index is 14.0. The molecule has 5 rings (SSSR count). The minimum Gasteiger partial charge on any atom is -0.489 e. The van der Waals surface area contributed by atoms with Crippen LogP contribution in [0.15, 0.2) is 17.1 Å². The van der Waals surface area contributed by atoms with Crippen molar-refractivity contribution in [2.75, 3.05) is 45.3 Å². The van der Waals surface area contributed by atoms with Crippen LogP contribution in [0.5, 0.6) is 11.5 Å². The van der Waals surface area contributed by atoms with Gasteiger partial charge in [-0.3, -0.25) is 4.57 Å². The van der Waals surface area contributed by atoms with Gasteiger partial charge in [0.1, 0.15) is 30.9 Å². The van der Waals surface area contributed by atoms with Gasteiger partial charge >= 0.3 is 0 Å². The van der Waals surface area contributed by atoms with E-state index in [1.165, 1.54) is 0 Å². The molecule has 0 aromatic heterocycles. The Morgan fingerprint density at radius 2 is 1.89 bits per heavy atom. The van der Waals surface area contributed by atoms with Gasteiger partial charge in [-0.25, -0.2) is 9.57 Å². The molecular formula is C20H23N3O4P+. The number of anilines is 1. The van der Waals surface area contributed by atoms with Crippen molar-refractivity contribution in [1.29, 1.82) is 0 Å². The van der Waals surface area contributed by atoms with E-state index in [1.54, 1.807) is 0 Å². The number of ether oxygens (including phenoxy) is 2. The standard InChI is InChI=1S/C20H22N3O4P/c1-11-9-13-17(26-7-5-22(13)3)19-15(11)21-16-12(2)10-14-18(20(16)28(19,24)25)27-8-6-23(14)4/h9-10H,5-8H2,1-4H3/p+1. The van der Waals surface area contributed by atoms with E-state index in [0.29, 0.717) is 46.4 Å². The maximum Gasteiger partial charge on any atom is 0.270 e. The summed E-state index contributed by atoms with van der Waals surface area (Å²) in [5.41, 5.74) is 3.09. The first kappa shape index (κ1) is 17.7. The second-order valence-electron chi connectivity index (χ2n) is 7.71. The predicted octanol–water partition coefficient (Wildman–Crippen LogP) is 0.131. The second-order valence-corrected chi connectivity index (χ2v) is 9.75. The fourth-order valence-electron chi connectivity index (χ4n) is 4.24. The lowest BCUT2D eigenvalue weighted by Crippen LogP contribution is -2.46. The first-order chi connectivity index (χ1) is 13.3. The smallest absolute Gasteiger partial charge is 0.270 e. The third-order valence-corrected chi connectivity index (χ3v) is 7.84. The highest BCUT2D eigenvalue weighted by Gasteiger charge is 2.43. The average molecular weight is 400 g/mol. The van der Waals surface area contributed by atoms with Crippen molar-refractivity contribution in [2.24, 2.45) is 4.99 Å². The Bertz CT molecular complexity index is 1220. The third-order valence-electron chi connectivity index (χ3n) is 5.80. The molecule has 8 heteroatoms. The van der Waals surface area contributed by atoms with Crippen molar-refractivity contribution >= 4 is 29.4 Å². The Morgan fingerprint density at radius 3 is 2.68 bits per heavy atom. The molecule has 3 heterocycles. The van der Waals surface area contributed by atoms with Crippen molar-refractivity contribution in [3.63, 3.8) is 0 Å². The van der Waals surface area contributed by atoms with Gasteiger partial charge in [0, 0.05) is 13.1 Å². The van der Waals surface area contributed by atoms with E-state index >= 15 is 0 Å². The fraction of sp³-hybridized carbons (Fsp3) is 0.400. The van der Waals surface area contributed by atoms with Crippen molar-refractivity contribution in [2.45, 2.75) is 13.8 Å². The van der Waals surface area contributed by atoms with Crippen molar-refractivity contribution in [3.8, 4) is 11.5 Å². The summed E-state index contributed by atoms with van der Waals surface area (Å²) in [5.74, 6) is 0.933. The highest BCUT2D eigenvalue weighted by atomic mass is 31.2. The summed E-state index contributed by atoms with van der Waals surface area (Å²) >= 11 is 0. The van der Waals surface area contributed by atoms with Crippen LogP contribution in [0, 0.1) is 13.8 Å². The van der Waals surface area contributed by atoms with Crippen LogP contribution in [-0.4, -0.2) is 45.3 Å². The van der Waals surface area contributed by atoms with E-state index in [1.807, 2.05) is 40.1 Å². The number of likely N-dealkylation sites (N-methyl/N-ethyl adjacent to an activating group) is 2. The van der Waals surface area contributed by atoms with E-state index < -0.39 is 7.37 Å². The van der Waals surface area contributed by atoms with Crippen LogP contribution in [0.2, 0.25) is 0 Å². The monoisotopic (exact) mass is 400 g/mol. The minimum absolute atomic E-state index is 0.297. The molecule has 1 atom stereocenters. The molecule has 2 aromatic carbocycles. The Labute approximate surface area is 163 Å². The molecule has 0 fully saturated rings. The van der Waals surface area contributed by atoms with Gasteiger partial charge in [0.05, 0.1) is 23.3 Å². The molecule has 28 heavy (non-hydrogen) atoms. The van der Waals surface area contributed by atoms with E-state index in [9.17, 15) is 9.46 Å². The summed E-state index contributed by atoms with van der Waals surface area (Å²) in [6.07, 6.45) is 0. The first-order valence-corrected chi connectivity index (χ1v) is 11.1. The van der Waals surface area contributed by atoms with Crippen molar-refractivity contribution in [1.82, 2.24) is 4.58 Å². The molecule has 146 valence electrons. The summed E-state index contributed by atoms with van der Waals surface area (Å²) in [6, 6.07) is 3.97. The topological polar surface area (TPSA) is 74.4 Å². The van der Waals surface area contributed by atoms with Crippen LogP contribution in [0.3, 0.4) is 0 Å². The van der Waals surface area contributed by atoms with Crippen molar-refractivity contribution < 1.29 is 18.9 Å². The predicted molar refractivity (Wildman–Crippen MR) is 108 cm³/mol. The molecule has 0 saturated heterocycles. The van der Waals surface area contributed by atoms with Gasteiger partial charge in [-0.05, 0) is 31.0 Å². The molecule has 0 spiro atoms.